The van der Waals surface area contributed by atoms with E-state index < -0.39 is 0 Å². The van der Waals surface area contributed by atoms with Gasteiger partial charge in [-0.2, -0.15) is 0 Å². The molecule has 7 heteroatoms. The molecule has 0 spiro atoms. The van der Waals surface area contributed by atoms with E-state index in [-0.39, 0.29) is 0 Å². The van der Waals surface area contributed by atoms with Crippen molar-refractivity contribution in [3.8, 4) is 0 Å². The summed E-state index contributed by atoms with van der Waals surface area (Å²) in [4.78, 5) is 12.1. The number of fused-ring (bicyclic) bond motifs is 1. The lowest BCUT2D eigenvalue weighted by Gasteiger charge is -2.24. The molecular weight excluding hydrogens is 286 g/mol. The summed E-state index contributed by atoms with van der Waals surface area (Å²) in [5.74, 6) is 1.50. The van der Waals surface area contributed by atoms with Crippen molar-refractivity contribution < 1.29 is 4.74 Å². The van der Waals surface area contributed by atoms with Crippen molar-refractivity contribution in [2.75, 3.05) is 33.9 Å². The molecule has 0 amide bonds. The van der Waals surface area contributed by atoms with Crippen LogP contribution in [0.5, 0.6) is 0 Å². The highest BCUT2D eigenvalue weighted by Gasteiger charge is 2.19. The summed E-state index contributed by atoms with van der Waals surface area (Å²) >= 11 is 1.65. The number of nitrogens with zero attached hydrogens (tertiary/aromatic N) is 4. The predicted octanol–water partition coefficient (Wildman–Crippen LogP) is 1.44. The lowest BCUT2D eigenvalue weighted by molar-refractivity contribution is 0.181. The van der Waals surface area contributed by atoms with Gasteiger partial charge in [-0.3, -0.25) is 9.39 Å². The normalized spacial score (nSPS) is 19.3. The van der Waals surface area contributed by atoms with Crippen molar-refractivity contribution in [1.29, 1.82) is 0 Å². The lowest BCUT2D eigenvalue weighted by atomic mass is 10.1. The Balaban J connectivity index is 1.55. The number of hydrogen-bond donors (Lipinski definition) is 1. The predicted molar refractivity (Wildman–Crippen MR) is 84.8 cm³/mol. The molecule has 1 aliphatic rings. The fourth-order valence-electron chi connectivity index (χ4n) is 2.62. The number of imidazole rings is 1. The van der Waals surface area contributed by atoms with E-state index in [2.05, 4.69) is 33.4 Å². The molecule has 3 heterocycles. The van der Waals surface area contributed by atoms with Crippen molar-refractivity contribution in [3.05, 3.63) is 23.5 Å². The second kappa shape index (κ2) is 6.44. The van der Waals surface area contributed by atoms with Crippen molar-refractivity contribution >= 4 is 22.3 Å². The average molecular weight is 307 g/mol. The number of aliphatic imine (C=N–C) groups is 1. The Morgan fingerprint density at radius 2 is 2.57 bits per heavy atom. The van der Waals surface area contributed by atoms with Gasteiger partial charge < -0.3 is 15.0 Å². The smallest absolute Gasteiger partial charge is 0.193 e. The first-order valence-corrected chi connectivity index (χ1v) is 8.05. The van der Waals surface area contributed by atoms with Gasteiger partial charge in [0, 0.05) is 50.9 Å². The molecule has 2 aromatic rings. The molecule has 2 aromatic heterocycles. The molecule has 1 fully saturated rings. The third kappa shape index (κ3) is 3.36. The minimum Gasteiger partial charge on any atom is -0.381 e. The summed E-state index contributed by atoms with van der Waals surface area (Å²) in [5, 5.41) is 5.41. The number of rotatable bonds is 4. The summed E-state index contributed by atoms with van der Waals surface area (Å²) in [6.45, 7) is 3.40. The fourth-order valence-corrected chi connectivity index (χ4v) is 3.34. The van der Waals surface area contributed by atoms with E-state index in [9.17, 15) is 0 Å². The molecule has 0 aliphatic carbocycles. The van der Waals surface area contributed by atoms with Crippen molar-refractivity contribution in [1.82, 2.24) is 19.6 Å². The van der Waals surface area contributed by atoms with E-state index in [4.69, 9.17) is 4.74 Å². The summed E-state index contributed by atoms with van der Waals surface area (Å²) in [5.41, 5.74) is 1.03. The zero-order valence-electron chi connectivity index (χ0n) is 12.5. The highest BCUT2D eigenvalue weighted by atomic mass is 32.1. The van der Waals surface area contributed by atoms with Crippen LogP contribution >= 0.6 is 11.3 Å². The van der Waals surface area contributed by atoms with Gasteiger partial charge in [-0.05, 0) is 6.42 Å². The van der Waals surface area contributed by atoms with Crippen LogP contribution in [-0.2, 0) is 11.3 Å². The first-order chi connectivity index (χ1) is 10.3. The lowest BCUT2D eigenvalue weighted by Crippen LogP contribution is -2.41. The average Bonchev–Trinajstić information content (AvgIpc) is 3.15. The Hall–Kier alpha value is -1.60. The highest BCUT2D eigenvalue weighted by molar-refractivity contribution is 7.15. The van der Waals surface area contributed by atoms with Crippen LogP contribution in [0.2, 0.25) is 0 Å². The topological polar surface area (TPSA) is 54.2 Å². The van der Waals surface area contributed by atoms with E-state index >= 15 is 0 Å². The van der Waals surface area contributed by atoms with Crippen LogP contribution in [0, 0.1) is 5.92 Å². The number of hydrogen-bond acceptors (Lipinski definition) is 4. The number of ether oxygens (including phenoxy) is 1. The van der Waals surface area contributed by atoms with E-state index in [1.54, 1.807) is 11.3 Å². The van der Waals surface area contributed by atoms with Crippen LogP contribution in [0.25, 0.3) is 4.96 Å². The van der Waals surface area contributed by atoms with Crippen LogP contribution in [0.4, 0.5) is 0 Å². The van der Waals surface area contributed by atoms with E-state index in [0.29, 0.717) is 12.5 Å². The Kier molecular flexibility index (Phi) is 4.40. The van der Waals surface area contributed by atoms with Gasteiger partial charge in [-0.15, -0.1) is 11.3 Å². The van der Waals surface area contributed by atoms with Gasteiger partial charge in [0.2, 0.25) is 0 Å². The maximum absolute atomic E-state index is 5.43. The van der Waals surface area contributed by atoms with Gasteiger partial charge in [-0.1, -0.05) is 0 Å². The molecular formula is C14H21N5OS. The van der Waals surface area contributed by atoms with Gasteiger partial charge in [-0.25, -0.2) is 4.98 Å². The monoisotopic (exact) mass is 307 g/mol. The summed E-state index contributed by atoms with van der Waals surface area (Å²) in [7, 11) is 3.88. The van der Waals surface area contributed by atoms with Crippen LogP contribution in [0.3, 0.4) is 0 Å². The van der Waals surface area contributed by atoms with Gasteiger partial charge >= 0.3 is 0 Å². The van der Waals surface area contributed by atoms with E-state index in [1.165, 1.54) is 0 Å². The minimum absolute atomic E-state index is 0.603. The molecule has 114 valence electrons. The Morgan fingerprint density at radius 3 is 3.29 bits per heavy atom. The number of aromatic nitrogens is 2. The van der Waals surface area contributed by atoms with Crippen molar-refractivity contribution in [3.63, 3.8) is 0 Å². The summed E-state index contributed by atoms with van der Waals surface area (Å²) in [6.07, 6.45) is 5.22. The van der Waals surface area contributed by atoms with Crippen LogP contribution in [-0.4, -0.2) is 54.1 Å². The zero-order valence-corrected chi connectivity index (χ0v) is 13.3. The maximum atomic E-state index is 5.43. The number of nitrogens with one attached hydrogen (secondary N) is 1. The van der Waals surface area contributed by atoms with Gasteiger partial charge in [0.25, 0.3) is 0 Å². The third-order valence-corrected chi connectivity index (χ3v) is 4.47. The van der Waals surface area contributed by atoms with Gasteiger partial charge in [0.1, 0.15) is 0 Å². The zero-order chi connectivity index (χ0) is 14.7. The fraction of sp³-hybridized carbons (Fsp3) is 0.571. The summed E-state index contributed by atoms with van der Waals surface area (Å²) in [6, 6.07) is 0. The first-order valence-electron chi connectivity index (χ1n) is 7.17. The number of thiazole rings is 1. The quantitative estimate of drug-likeness (QED) is 0.686. The molecule has 0 bridgehead atoms. The molecule has 0 aromatic carbocycles. The maximum Gasteiger partial charge on any atom is 0.193 e. The van der Waals surface area contributed by atoms with Crippen LogP contribution < -0.4 is 5.32 Å². The number of guanidine groups is 1. The van der Waals surface area contributed by atoms with Crippen LogP contribution in [0.15, 0.2) is 22.8 Å². The first kappa shape index (κ1) is 14.3. The SMILES string of the molecule is CN=C(NCc1cn2ccsc2n1)N(C)CC1CCOC1. The highest BCUT2D eigenvalue weighted by Crippen LogP contribution is 2.14. The molecule has 1 N–H and O–H groups in total. The molecule has 0 radical (unpaired) electrons. The molecule has 0 saturated carbocycles. The van der Waals surface area contributed by atoms with E-state index in [1.807, 2.05) is 23.0 Å². The Morgan fingerprint density at radius 1 is 1.67 bits per heavy atom. The molecule has 21 heavy (non-hydrogen) atoms. The van der Waals surface area contributed by atoms with Gasteiger partial charge in [0.05, 0.1) is 18.8 Å². The molecule has 1 saturated heterocycles. The second-order valence-corrected chi connectivity index (χ2v) is 6.21. The molecule has 1 atom stereocenters. The van der Waals surface area contributed by atoms with Crippen LogP contribution in [0.1, 0.15) is 12.1 Å². The molecule has 6 nitrogen and oxygen atoms in total. The molecule has 1 unspecified atom stereocenters. The molecule has 1 aliphatic heterocycles. The third-order valence-electron chi connectivity index (χ3n) is 3.70. The molecule has 3 rings (SSSR count). The van der Waals surface area contributed by atoms with E-state index in [0.717, 1.165) is 42.8 Å². The second-order valence-electron chi connectivity index (χ2n) is 5.34. The minimum atomic E-state index is 0.603. The van der Waals surface area contributed by atoms with Crippen molar-refractivity contribution in [2.45, 2.75) is 13.0 Å². The largest absolute Gasteiger partial charge is 0.381 e. The standard InChI is InChI=1S/C14H21N5OS/c1-15-13(18(2)8-11-3-5-20-10-11)16-7-12-9-19-4-6-21-14(19)17-12/h4,6,9,11H,3,5,7-8,10H2,1-2H3,(H,15,16). The summed E-state index contributed by atoms with van der Waals surface area (Å²) < 4.78 is 7.47. The Labute approximate surface area is 128 Å². The Bertz CT molecular complexity index is 585. The van der Waals surface area contributed by atoms with Gasteiger partial charge in [0.15, 0.2) is 10.9 Å². The van der Waals surface area contributed by atoms with Crippen molar-refractivity contribution in [2.24, 2.45) is 10.9 Å².